The summed E-state index contributed by atoms with van der Waals surface area (Å²) in [6.07, 6.45) is 3.91. The SMILES string of the molecule is CC.CC.CC.CC.CC.CC(C)(C)OC(=O)C1(C(F)(F)F)CC2CCC1C2.CC(C)(C)OC(=O)C1(F)CC2CCC1C2.C[C-]1C2CCC(C2)C1(C(=O)OC(C)(C)C)C(F)(F)F.C[C-]1C2CCC(C2)C1(F)C(=O)OC(C)(C)C.C[C-]1C2CCC(C2)C1C(=O)OC(C)(C)C.[Rf].[Rf].[Rf].[Rf].[Rf].[Rf]. The molecule has 0 aliphatic heterocycles. The molecule has 10 nitrogen and oxygen atoms in total. The van der Waals surface area contributed by atoms with Crippen molar-refractivity contribution in [2.24, 2.45) is 75.9 Å². The van der Waals surface area contributed by atoms with Crippen LogP contribution in [0.25, 0.3) is 0 Å². The van der Waals surface area contributed by atoms with Crippen LogP contribution in [0.4, 0.5) is 35.1 Å². The molecule has 560 valence electrons. The fourth-order valence-electron chi connectivity index (χ4n) is 16.1. The van der Waals surface area contributed by atoms with Crippen LogP contribution in [0.2, 0.25) is 0 Å². The van der Waals surface area contributed by atoms with Crippen LogP contribution in [0, 0.1) is 93.7 Å². The van der Waals surface area contributed by atoms with Crippen molar-refractivity contribution >= 4 is 29.8 Å². The quantitative estimate of drug-likeness (QED) is 0.113. The molecular formula is C75H129F8O10Rf6-3. The minimum atomic E-state index is -4.57. The largest absolute Gasteiger partial charge is 0.462 e. The Hall–Kier alpha value is -9.21. The van der Waals surface area contributed by atoms with E-state index >= 15 is 0 Å². The number of esters is 5. The molecule has 10 bridgehead atoms. The minimum absolute atomic E-state index is 0. The van der Waals surface area contributed by atoms with Crippen LogP contribution >= 0.6 is 0 Å². The second kappa shape index (κ2) is 37.1. The number of hydrogen-bond donors (Lipinski definition) is 0. The van der Waals surface area contributed by atoms with Crippen molar-refractivity contribution in [2.75, 3.05) is 0 Å². The van der Waals surface area contributed by atoms with Crippen LogP contribution in [0.3, 0.4) is 0 Å². The van der Waals surface area contributed by atoms with E-state index in [1.807, 2.05) is 90.0 Å². The molecule has 10 saturated carbocycles. The van der Waals surface area contributed by atoms with Gasteiger partial charge in [0.2, 0.25) is 5.67 Å². The fraction of sp³-hybridized carbons (Fsp3) is 0.893. The fourth-order valence-corrected chi connectivity index (χ4v) is 16.1. The first-order valence-corrected chi connectivity index (χ1v) is 35.7. The Morgan fingerprint density at radius 2 is 0.717 bits per heavy atom. The van der Waals surface area contributed by atoms with Crippen molar-refractivity contribution in [2.45, 2.75) is 355 Å². The molecule has 0 spiro atoms. The van der Waals surface area contributed by atoms with Crippen LogP contribution in [0.5, 0.6) is 0 Å². The number of ether oxygens (including phenoxy) is 5. The standard InChI is InChI=1S/C14H20F3O2.C13H19F3O2.C13H20FO2.C13H21O2.C12H19FO2.5C2H6.6Rf/c1-8-9-5-6-10(7-9)13(8,14(15,16)17)11(18)19-12(2,3)4;1-11(2,3)18-10(17)12(13(14,15)16)7-8-4-5-9(12)6-8;1-8-9-5-6-10(7-9)13(8,14)11(15)16-12(2,3)4;1-8-9-5-6-10(7-9)11(8)12(14)15-13(2,3)4;1-11(2,3)15-10(14)12(13)7-8-4-5-9(12)6-8;5*1-2;;;;;;/h9-10H,5-7H2,1-4H3;8-9H,4-7H2,1-3H3;9-10H,5-7H2,1-4H3;9-11H,5-7H2,1-4H3;8-9H,4-7H2,1-3H3;5*1-2H3;;;;;;/q-1;;2*-1;;;;;;;;;;;;. The van der Waals surface area contributed by atoms with Gasteiger partial charge in [-0.3, -0.25) is 41.3 Å². The summed E-state index contributed by atoms with van der Waals surface area (Å²) in [6.45, 7) is 51.4. The molecule has 0 aromatic rings. The van der Waals surface area contributed by atoms with Gasteiger partial charge in [-0.1, -0.05) is 145 Å². The van der Waals surface area contributed by atoms with E-state index in [4.69, 9.17) is 23.7 Å². The van der Waals surface area contributed by atoms with Crippen LogP contribution in [-0.2, 0) is 47.7 Å². The Balaban J connectivity index is -0.000000261. The molecule has 0 heterocycles. The van der Waals surface area contributed by atoms with E-state index in [1.165, 1.54) is 32.1 Å². The van der Waals surface area contributed by atoms with E-state index in [0.29, 0.717) is 61.7 Å². The second-order valence-corrected chi connectivity index (χ2v) is 31.3. The van der Waals surface area contributed by atoms with Crippen LogP contribution < -0.4 is 0 Å². The molecule has 0 amide bonds. The van der Waals surface area contributed by atoms with E-state index in [-0.39, 0.29) is 53.5 Å². The molecule has 10 fully saturated rings. The monoisotopic (exact) mass is 2940 g/mol. The Kier molecular flexibility index (Phi) is 37.8. The summed E-state index contributed by atoms with van der Waals surface area (Å²) in [7, 11) is 0. The summed E-state index contributed by atoms with van der Waals surface area (Å²) in [5.74, 6) is -0.608. The molecule has 15 atom stereocenters. The van der Waals surface area contributed by atoms with E-state index in [9.17, 15) is 59.1 Å². The number of rotatable bonds is 5. The number of carbonyl (C=O) groups is 5. The Morgan fingerprint density at radius 3 is 1.03 bits per heavy atom. The summed E-state index contributed by atoms with van der Waals surface area (Å²) >= 11 is 0. The third-order valence-electron chi connectivity index (χ3n) is 19.7. The Morgan fingerprint density at radius 1 is 0.364 bits per heavy atom. The van der Waals surface area contributed by atoms with Gasteiger partial charge in [0.1, 0.15) is 28.0 Å². The maximum absolute atomic E-state index is 14.8. The normalized spacial score (nSPS) is 31.4. The van der Waals surface area contributed by atoms with Gasteiger partial charge in [-0.05, 0) is 178 Å². The minimum Gasteiger partial charge on any atom is -0.462 e. The number of alkyl halides is 8. The van der Waals surface area contributed by atoms with Gasteiger partial charge in [0.25, 0.3) is 11.9 Å². The van der Waals surface area contributed by atoms with Crippen LogP contribution in [0.1, 0.15) is 303 Å². The van der Waals surface area contributed by atoms with Gasteiger partial charge < -0.3 is 23.7 Å². The molecule has 10 aliphatic rings. The van der Waals surface area contributed by atoms with Crippen molar-refractivity contribution in [1.82, 2.24) is 0 Å². The molecule has 10 aliphatic carbocycles. The van der Waals surface area contributed by atoms with Gasteiger partial charge in [0.05, 0.1) is 5.67 Å². The first-order valence-electron chi connectivity index (χ1n) is 35.7. The second-order valence-electron chi connectivity index (χ2n) is 31.3. The molecule has 0 aromatic carbocycles. The molecule has 10 rings (SSSR count). The predicted molar refractivity (Wildman–Crippen MR) is 354 cm³/mol. The number of hydrogen-bond acceptors (Lipinski definition) is 10. The van der Waals surface area contributed by atoms with Crippen LogP contribution in [-0.4, -0.2) is 81.5 Å². The molecule has 15 unspecified atom stereocenters. The molecule has 24 heteroatoms. The Bertz CT molecular complexity index is 2360. The summed E-state index contributed by atoms with van der Waals surface area (Å²) in [5, 5.41) is 0. The maximum Gasteiger partial charge on any atom is 0.405 e. The third kappa shape index (κ3) is 22.4. The van der Waals surface area contributed by atoms with Gasteiger partial charge in [-0.2, -0.15) is 64.9 Å². The summed E-state index contributed by atoms with van der Waals surface area (Å²) in [6, 6.07) is 0. The maximum atomic E-state index is 14.8. The molecule has 0 radical (unpaired) electrons. The zero-order valence-corrected chi connectivity index (χ0v) is 106. The predicted octanol–water partition coefficient (Wildman–Crippen LogP) is 21.6. The molecule has 0 saturated heterocycles. The van der Waals surface area contributed by atoms with Crippen molar-refractivity contribution in [1.29, 1.82) is 0 Å². The van der Waals surface area contributed by atoms with E-state index in [1.54, 1.807) is 90.0 Å². The van der Waals surface area contributed by atoms with E-state index in [2.05, 4.69) is 6.92 Å². The van der Waals surface area contributed by atoms with Crippen molar-refractivity contribution in [3.63, 3.8) is 0 Å². The van der Waals surface area contributed by atoms with Gasteiger partial charge in [0.15, 0.2) is 5.41 Å². The van der Waals surface area contributed by atoms with Crippen LogP contribution in [0.15, 0.2) is 0 Å². The van der Waals surface area contributed by atoms with Gasteiger partial charge in [0, 0.05) is 11.3 Å². The molecule has 99 heavy (non-hydrogen) atoms. The summed E-state index contributed by atoms with van der Waals surface area (Å²) in [4.78, 5) is 60.1. The average Bonchev–Trinajstić information content (AvgIpc) is 1.43. The zero-order valence-electron chi connectivity index (χ0n) is 67.2. The number of halogens is 8. The summed E-state index contributed by atoms with van der Waals surface area (Å²) in [5.41, 5.74) is -11.4. The number of carbonyl (C=O) groups excluding carboxylic acids is 5. The first-order chi connectivity index (χ1) is 42.5. The molecular weight excluding hydrogens is 2810 g/mol. The first kappa shape index (κ1) is 101. The smallest absolute Gasteiger partial charge is 0.405 e. The average molecular weight is 2940 g/mol. The van der Waals surface area contributed by atoms with Crippen molar-refractivity contribution < 1.29 is 82.8 Å². The van der Waals surface area contributed by atoms with Crippen molar-refractivity contribution in [3.05, 3.63) is 17.8 Å². The van der Waals surface area contributed by atoms with Crippen molar-refractivity contribution in [3.8, 4) is 0 Å². The van der Waals surface area contributed by atoms with E-state index < -0.39 is 92.6 Å². The topological polar surface area (TPSA) is 132 Å². The molecule has 0 N–H and O–H groups in total. The van der Waals surface area contributed by atoms with Gasteiger partial charge in [-0.15, -0.1) is 0 Å². The third-order valence-corrected chi connectivity index (χ3v) is 19.7. The number of fused-ring (bicyclic) bond motifs is 10. The van der Waals surface area contributed by atoms with Gasteiger partial charge in [-0.25, -0.2) is 9.18 Å². The summed E-state index contributed by atoms with van der Waals surface area (Å²) < 4.78 is 136. The van der Waals surface area contributed by atoms with Gasteiger partial charge >= 0.3 is 30.3 Å². The molecule has 0 aromatic heterocycles. The van der Waals surface area contributed by atoms with E-state index in [0.717, 1.165) is 51.4 Å². The zero-order chi connectivity index (χ0) is 73.0. The Labute approximate surface area is 558 Å².